The average molecular weight is 170 g/mol. The van der Waals surface area contributed by atoms with Gasteiger partial charge in [0.25, 0.3) is 0 Å². The minimum absolute atomic E-state index is 0.930. The highest BCUT2D eigenvalue weighted by atomic mass is 28.3. The molecular formula is C10H22Si. The molecule has 0 N–H and O–H groups in total. The first kappa shape index (κ1) is 11.0. The van der Waals surface area contributed by atoms with Crippen molar-refractivity contribution in [2.75, 3.05) is 0 Å². The van der Waals surface area contributed by atoms with E-state index in [1.165, 1.54) is 24.9 Å². The number of hydrogen-bond donors (Lipinski definition) is 0. The molecule has 11 heavy (non-hydrogen) atoms. The summed E-state index contributed by atoms with van der Waals surface area (Å²) >= 11 is 0. The van der Waals surface area contributed by atoms with Gasteiger partial charge in [0, 0.05) is 0 Å². The molecule has 0 bridgehead atoms. The zero-order valence-corrected chi connectivity index (χ0v) is 9.48. The van der Waals surface area contributed by atoms with Gasteiger partial charge in [0.2, 0.25) is 0 Å². The largest absolute Gasteiger partial charge is 0.0987 e. The maximum atomic E-state index is 2.50. The zero-order valence-electron chi connectivity index (χ0n) is 8.48. The van der Waals surface area contributed by atoms with Crippen LogP contribution in [0.2, 0.25) is 18.6 Å². The van der Waals surface area contributed by atoms with Crippen LogP contribution in [-0.4, -0.2) is 8.07 Å². The van der Waals surface area contributed by atoms with Gasteiger partial charge >= 0.3 is 0 Å². The van der Waals surface area contributed by atoms with Crippen LogP contribution in [0.4, 0.5) is 0 Å². The van der Waals surface area contributed by atoms with Crippen LogP contribution >= 0.6 is 0 Å². The molecule has 0 aromatic carbocycles. The van der Waals surface area contributed by atoms with E-state index in [0.29, 0.717) is 0 Å². The number of hydrogen-bond acceptors (Lipinski definition) is 0. The Hall–Kier alpha value is -0.0431. The minimum atomic E-state index is -0.930. The van der Waals surface area contributed by atoms with Crippen molar-refractivity contribution in [1.82, 2.24) is 0 Å². The number of allylic oxidation sites excluding steroid dienone is 1. The van der Waals surface area contributed by atoms with E-state index in [9.17, 15) is 0 Å². The third-order valence-corrected chi connectivity index (χ3v) is 6.63. The van der Waals surface area contributed by atoms with Crippen molar-refractivity contribution in [3.05, 3.63) is 11.8 Å². The maximum Gasteiger partial charge on any atom is 0.0743 e. The molecule has 66 valence electrons. The Bertz CT molecular complexity index is 110. The van der Waals surface area contributed by atoms with E-state index in [4.69, 9.17) is 0 Å². The maximum absolute atomic E-state index is 2.50. The van der Waals surface area contributed by atoms with Crippen molar-refractivity contribution in [3.63, 3.8) is 0 Å². The quantitative estimate of drug-likeness (QED) is 0.547. The molecule has 0 rings (SSSR count). The van der Waals surface area contributed by atoms with Crippen molar-refractivity contribution in [2.24, 2.45) is 0 Å². The lowest BCUT2D eigenvalue weighted by Gasteiger charge is -2.21. The predicted molar refractivity (Wildman–Crippen MR) is 56.6 cm³/mol. The third kappa shape index (κ3) is 4.41. The van der Waals surface area contributed by atoms with Gasteiger partial charge in [-0.3, -0.25) is 0 Å². The molecule has 0 heterocycles. The molecule has 0 radical (unpaired) electrons. The van der Waals surface area contributed by atoms with E-state index in [0.717, 1.165) is 0 Å². The Morgan fingerprint density at radius 2 is 1.55 bits per heavy atom. The van der Waals surface area contributed by atoms with Crippen LogP contribution in [0, 0.1) is 0 Å². The average Bonchev–Trinajstić information content (AvgIpc) is 1.88. The number of rotatable bonds is 5. The Kier molecular flexibility index (Phi) is 5.57. The highest BCUT2D eigenvalue weighted by Crippen LogP contribution is 2.20. The molecule has 0 nitrogen and oxygen atoms in total. The van der Waals surface area contributed by atoms with Gasteiger partial charge in [0.1, 0.15) is 0 Å². The second-order valence-corrected chi connectivity index (χ2v) is 8.30. The second-order valence-electron chi connectivity index (χ2n) is 3.65. The molecule has 0 saturated carbocycles. The molecule has 0 unspecified atom stereocenters. The first-order valence-electron chi connectivity index (χ1n) is 4.82. The van der Waals surface area contributed by atoms with E-state index in [2.05, 4.69) is 39.1 Å². The van der Waals surface area contributed by atoms with Gasteiger partial charge in [0.15, 0.2) is 0 Å². The molecule has 0 aromatic heterocycles. The van der Waals surface area contributed by atoms with E-state index in [1.807, 2.05) is 0 Å². The smallest absolute Gasteiger partial charge is 0.0743 e. The SMILES string of the molecule is CC=C[Si](C)(CCC)CCC. The molecular weight excluding hydrogens is 148 g/mol. The van der Waals surface area contributed by atoms with Gasteiger partial charge < -0.3 is 0 Å². The summed E-state index contributed by atoms with van der Waals surface area (Å²) in [6.45, 7) is 9.24. The van der Waals surface area contributed by atoms with E-state index >= 15 is 0 Å². The van der Waals surface area contributed by atoms with Crippen LogP contribution in [0.25, 0.3) is 0 Å². The van der Waals surface area contributed by atoms with Crippen LogP contribution in [-0.2, 0) is 0 Å². The van der Waals surface area contributed by atoms with Gasteiger partial charge in [-0.05, 0) is 6.92 Å². The Morgan fingerprint density at radius 1 is 1.09 bits per heavy atom. The normalized spacial score (nSPS) is 12.7. The highest BCUT2D eigenvalue weighted by Gasteiger charge is 2.20. The van der Waals surface area contributed by atoms with Gasteiger partial charge in [-0.25, -0.2) is 0 Å². The van der Waals surface area contributed by atoms with Crippen molar-refractivity contribution >= 4 is 8.07 Å². The van der Waals surface area contributed by atoms with E-state index in [1.54, 1.807) is 0 Å². The summed E-state index contributed by atoms with van der Waals surface area (Å²) in [6, 6.07) is 2.93. The summed E-state index contributed by atoms with van der Waals surface area (Å²) in [6.07, 6.45) is 4.96. The summed E-state index contributed by atoms with van der Waals surface area (Å²) < 4.78 is 0. The van der Waals surface area contributed by atoms with Crippen molar-refractivity contribution < 1.29 is 0 Å². The summed E-state index contributed by atoms with van der Waals surface area (Å²) in [5, 5.41) is 0. The van der Waals surface area contributed by atoms with Gasteiger partial charge in [-0.1, -0.05) is 57.1 Å². The van der Waals surface area contributed by atoms with Crippen molar-refractivity contribution in [1.29, 1.82) is 0 Å². The molecule has 0 atom stereocenters. The molecule has 0 aromatic rings. The first-order valence-corrected chi connectivity index (χ1v) is 7.81. The molecule has 0 aliphatic carbocycles. The fraction of sp³-hybridized carbons (Fsp3) is 0.800. The highest BCUT2D eigenvalue weighted by molar-refractivity contribution is 6.83. The van der Waals surface area contributed by atoms with Crippen molar-refractivity contribution in [2.45, 2.75) is 52.2 Å². The fourth-order valence-electron chi connectivity index (χ4n) is 1.84. The van der Waals surface area contributed by atoms with Crippen LogP contribution in [0.1, 0.15) is 33.6 Å². The van der Waals surface area contributed by atoms with Gasteiger partial charge in [-0.2, -0.15) is 0 Å². The lowest BCUT2D eigenvalue weighted by molar-refractivity contribution is 0.989. The topological polar surface area (TPSA) is 0 Å². The van der Waals surface area contributed by atoms with Gasteiger partial charge in [-0.15, -0.1) is 0 Å². The Morgan fingerprint density at radius 3 is 1.82 bits per heavy atom. The lowest BCUT2D eigenvalue weighted by Crippen LogP contribution is -2.26. The molecule has 0 aliphatic heterocycles. The van der Waals surface area contributed by atoms with Crippen molar-refractivity contribution in [3.8, 4) is 0 Å². The summed E-state index contributed by atoms with van der Waals surface area (Å²) in [5.41, 5.74) is 2.50. The second kappa shape index (κ2) is 5.59. The molecule has 0 aliphatic rings. The first-order chi connectivity index (χ1) is 5.18. The standard InChI is InChI=1S/C10H22Si/c1-5-8-11(4,9-6-2)10-7-3/h5,8H,6-7,9-10H2,1-4H3. The molecule has 0 saturated heterocycles. The van der Waals surface area contributed by atoms with Gasteiger partial charge in [0.05, 0.1) is 8.07 Å². The van der Waals surface area contributed by atoms with E-state index < -0.39 is 8.07 Å². The van der Waals surface area contributed by atoms with Crippen LogP contribution in [0.5, 0.6) is 0 Å². The fourth-order valence-corrected chi connectivity index (χ4v) is 5.51. The molecule has 0 fully saturated rings. The summed E-state index contributed by atoms with van der Waals surface area (Å²) in [5.74, 6) is 0. The van der Waals surface area contributed by atoms with Crippen LogP contribution < -0.4 is 0 Å². The molecule has 1 heteroatoms. The lowest BCUT2D eigenvalue weighted by atomic mass is 10.6. The predicted octanol–water partition coefficient (Wildman–Crippen LogP) is 4.00. The van der Waals surface area contributed by atoms with Crippen LogP contribution in [0.15, 0.2) is 11.8 Å². The van der Waals surface area contributed by atoms with Crippen LogP contribution in [0.3, 0.4) is 0 Å². The Balaban J connectivity index is 4.01. The monoisotopic (exact) mass is 170 g/mol. The molecule has 0 spiro atoms. The summed E-state index contributed by atoms with van der Waals surface area (Å²) in [4.78, 5) is 0. The molecule has 0 amide bonds. The zero-order chi connectivity index (χ0) is 8.74. The third-order valence-electron chi connectivity index (χ3n) is 2.21. The minimum Gasteiger partial charge on any atom is -0.0987 e. The summed E-state index contributed by atoms with van der Waals surface area (Å²) in [7, 11) is -0.930. The van der Waals surface area contributed by atoms with E-state index in [-0.39, 0.29) is 0 Å². The Labute approximate surface area is 72.7 Å².